The van der Waals surface area contributed by atoms with E-state index < -0.39 is 0 Å². The highest BCUT2D eigenvalue weighted by atomic mass is 32.1. The quantitative estimate of drug-likeness (QED) is 0.818. The molecule has 1 aromatic heterocycles. The van der Waals surface area contributed by atoms with Gasteiger partial charge in [-0.05, 0) is 36.3 Å². The van der Waals surface area contributed by atoms with Gasteiger partial charge in [0.1, 0.15) is 0 Å². The highest BCUT2D eigenvalue weighted by Gasteiger charge is 2.13. The van der Waals surface area contributed by atoms with Gasteiger partial charge in [-0.2, -0.15) is 0 Å². The molecule has 1 heterocycles. The average Bonchev–Trinajstić information content (AvgIpc) is 2.64. The van der Waals surface area contributed by atoms with Gasteiger partial charge in [-0.15, -0.1) is 11.3 Å². The molecular formula is C17H25NS. The van der Waals surface area contributed by atoms with Gasteiger partial charge in [0.05, 0.1) is 0 Å². The summed E-state index contributed by atoms with van der Waals surface area (Å²) in [6.45, 7) is 12.2. The predicted molar refractivity (Wildman–Crippen MR) is 87.1 cm³/mol. The van der Waals surface area contributed by atoms with Crippen LogP contribution in [0, 0.1) is 12.8 Å². The Bertz CT molecular complexity index is 552. The third-order valence-electron chi connectivity index (χ3n) is 3.31. The number of nitrogens with one attached hydrogen (secondary N) is 1. The highest BCUT2D eigenvalue weighted by molar-refractivity contribution is 7.19. The Morgan fingerprint density at radius 1 is 1.16 bits per heavy atom. The molecule has 0 amide bonds. The van der Waals surface area contributed by atoms with Crippen molar-refractivity contribution in [2.45, 2.75) is 53.6 Å². The van der Waals surface area contributed by atoms with Gasteiger partial charge in [-0.3, -0.25) is 0 Å². The van der Waals surface area contributed by atoms with Crippen LogP contribution in [-0.4, -0.2) is 6.04 Å². The second kappa shape index (κ2) is 6.06. The SMILES string of the molecule is Cc1ccc2sc(CNC(C)C)c(CC(C)C)c2c1. The molecule has 0 spiro atoms. The second-order valence-electron chi connectivity index (χ2n) is 6.14. The van der Waals surface area contributed by atoms with Crippen molar-refractivity contribution in [2.24, 2.45) is 5.92 Å². The molecule has 19 heavy (non-hydrogen) atoms. The molecule has 0 unspecified atom stereocenters. The van der Waals surface area contributed by atoms with Crippen LogP contribution in [0.4, 0.5) is 0 Å². The van der Waals surface area contributed by atoms with E-state index in [1.54, 1.807) is 5.56 Å². The van der Waals surface area contributed by atoms with Crippen molar-refractivity contribution >= 4 is 21.4 Å². The van der Waals surface area contributed by atoms with Crippen molar-refractivity contribution in [1.29, 1.82) is 0 Å². The van der Waals surface area contributed by atoms with Gasteiger partial charge in [0, 0.05) is 22.2 Å². The zero-order chi connectivity index (χ0) is 14.0. The molecule has 2 rings (SSSR count). The lowest BCUT2D eigenvalue weighted by Gasteiger charge is -2.10. The van der Waals surface area contributed by atoms with Gasteiger partial charge in [0.25, 0.3) is 0 Å². The first kappa shape index (κ1) is 14.5. The van der Waals surface area contributed by atoms with Gasteiger partial charge in [-0.1, -0.05) is 45.4 Å². The Morgan fingerprint density at radius 3 is 2.53 bits per heavy atom. The summed E-state index contributed by atoms with van der Waals surface area (Å²) in [7, 11) is 0. The summed E-state index contributed by atoms with van der Waals surface area (Å²) in [6, 6.07) is 7.39. The fourth-order valence-corrected chi connectivity index (χ4v) is 3.55. The molecular weight excluding hydrogens is 250 g/mol. The maximum atomic E-state index is 3.56. The maximum absolute atomic E-state index is 3.56. The Kier molecular flexibility index (Phi) is 4.64. The van der Waals surface area contributed by atoms with Crippen LogP contribution in [0.1, 0.15) is 43.7 Å². The van der Waals surface area contributed by atoms with Gasteiger partial charge in [0.15, 0.2) is 0 Å². The highest BCUT2D eigenvalue weighted by Crippen LogP contribution is 2.33. The smallest absolute Gasteiger partial charge is 0.0349 e. The Morgan fingerprint density at radius 2 is 1.89 bits per heavy atom. The topological polar surface area (TPSA) is 12.0 Å². The van der Waals surface area contributed by atoms with Gasteiger partial charge in [0.2, 0.25) is 0 Å². The lowest BCUT2D eigenvalue weighted by molar-refractivity contribution is 0.585. The second-order valence-corrected chi connectivity index (χ2v) is 7.27. The van der Waals surface area contributed by atoms with Crippen molar-refractivity contribution in [3.8, 4) is 0 Å². The first-order valence-electron chi connectivity index (χ1n) is 7.21. The summed E-state index contributed by atoms with van der Waals surface area (Å²) < 4.78 is 1.43. The Labute approximate surface area is 121 Å². The predicted octanol–water partition coefficient (Wildman–Crippen LogP) is 4.91. The van der Waals surface area contributed by atoms with Crippen molar-refractivity contribution < 1.29 is 0 Å². The molecule has 2 aromatic rings. The monoisotopic (exact) mass is 275 g/mol. The minimum Gasteiger partial charge on any atom is -0.310 e. The minimum absolute atomic E-state index is 0.541. The Hall–Kier alpha value is -0.860. The lowest BCUT2D eigenvalue weighted by atomic mass is 9.99. The van der Waals surface area contributed by atoms with E-state index in [-0.39, 0.29) is 0 Å². The van der Waals surface area contributed by atoms with E-state index in [4.69, 9.17) is 0 Å². The average molecular weight is 275 g/mol. The molecule has 0 aliphatic rings. The van der Waals surface area contributed by atoms with Crippen LogP contribution in [0.25, 0.3) is 10.1 Å². The van der Waals surface area contributed by atoms with E-state index in [9.17, 15) is 0 Å². The normalized spacial score (nSPS) is 11.9. The third-order valence-corrected chi connectivity index (χ3v) is 4.53. The molecule has 0 saturated heterocycles. The summed E-state index contributed by atoms with van der Waals surface area (Å²) in [5.41, 5.74) is 2.92. The van der Waals surface area contributed by atoms with Crippen molar-refractivity contribution in [3.05, 3.63) is 34.2 Å². The van der Waals surface area contributed by atoms with Crippen molar-refractivity contribution in [3.63, 3.8) is 0 Å². The zero-order valence-electron chi connectivity index (χ0n) is 12.7. The van der Waals surface area contributed by atoms with E-state index in [0.717, 1.165) is 6.54 Å². The molecule has 104 valence electrons. The summed E-state index contributed by atoms with van der Waals surface area (Å²) >= 11 is 1.95. The number of rotatable bonds is 5. The summed E-state index contributed by atoms with van der Waals surface area (Å²) in [5, 5.41) is 5.03. The molecule has 0 aliphatic heterocycles. The number of thiophene rings is 1. The number of aryl methyl sites for hydroxylation is 1. The van der Waals surface area contributed by atoms with E-state index in [1.807, 2.05) is 11.3 Å². The molecule has 2 heteroatoms. The van der Waals surface area contributed by atoms with E-state index in [0.29, 0.717) is 12.0 Å². The fraction of sp³-hybridized carbons (Fsp3) is 0.529. The van der Waals surface area contributed by atoms with Crippen LogP contribution in [0.5, 0.6) is 0 Å². The largest absolute Gasteiger partial charge is 0.310 e. The van der Waals surface area contributed by atoms with Crippen LogP contribution in [0.15, 0.2) is 18.2 Å². The summed E-state index contributed by atoms with van der Waals surface area (Å²) in [4.78, 5) is 1.52. The summed E-state index contributed by atoms with van der Waals surface area (Å²) in [6.07, 6.45) is 1.18. The lowest BCUT2D eigenvalue weighted by Crippen LogP contribution is -2.21. The molecule has 0 fully saturated rings. The molecule has 0 bridgehead atoms. The summed E-state index contributed by atoms with van der Waals surface area (Å²) in [5.74, 6) is 0.705. The van der Waals surface area contributed by atoms with E-state index >= 15 is 0 Å². The van der Waals surface area contributed by atoms with Crippen molar-refractivity contribution in [1.82, 2.24) is 5.32 Å². The molecule has 0 saturated carbocycles. The van der Waals surface area contributed by atoms with Crippen LogP contribution in [0.3, 0.4) is 0 Å². The van der Waals surface area contributed by atoms with E-state index in [2.05, 4.69) is 58.1 Å². The Balaban J connectivity index is 2.42. The molecule has 1 aromatic carbocycles. The van der Waals surface area contributed by atoms with Crippen LogP contribution < -0.4 is 5.32 Å². The van der Waals surface area contributed by atoms with Crippen LogP contribution in [0.2, 0.25) is 0 Å². The number of hydrogen-bond donors (Lipinski definition) is 1. The molecule has 0 atom stereocenters. The molecule has 1 nitrogen and oxygen atoms in total. The fourth-order valence-electron chi connectivity index (χ4n) is 2.38. The van der Waals surface area contributed by atoms with E-state index in [1.165, 1.54) is 26.9 Å². The number of hydrogen-bond acceptors (Lipinski definition) is 2. The van der Waals surface area contributed by atoms with Crippen LogP contribution in [-0.2, 0) is 13.0 Å². The van der Waals surface area contributed by atoms with Gasteiger partial charge < -0.3 is 5.32 Å². The molecule has 0 aliphatic carbocycles. The van der Waals surface area contributed by atoms with Gasteiger partial charge >= 0.3 is 0 Å². The van der Waals surface area contributed by atoms with Crippen molar-refractivity contribution in [2.75, 3.05) is 0 Å². The number of benzene rings is 1. The zero-order valence-corrected chi connectivity index (χ0v) is 13.5. The minimum atomic E-state index is 0.541. The third kappa shape index (κ3) is 3.58. The molecule has 0 radical (unpaired) electrons. The van der Waals surface area contributed by atoms with Gasteiger partial charge in [-0.25, -0.2) is 0 Å². The standard InChI is InChI=1S/C17H25NS/c1-11(2)8-14-15-9-13(5)6-7-16(15)19-17(14)10-18-12(3)4/h6-7,9,11-12,18H,8,10H2,1-5H3. The maximum Gasteiger partial charge on any atom is 0.0349 e. The number of fused-ring (bicyclic) bond motifs is 1. The first-order valence-corrected chi connectivity index (χ1v) is 8.03. The molecule has 1 N–H and O–H groups in total. The van der Waals surface area contributed by atoms with Crippen LogP contribution >= 0.6 is 11.3 Å². The first-order chi connectivity index (χ1) is 8.97.